The van der Waals surface area contributed by atoms with Crippen LogP contribution in [0.2, 0.25) is 5.02 Å². The van der Waals surface area contributed by atoms with Crippen LogP contribution in [0.4, 0.5) is 10.2 Å². The Labute approximate surface area is 84.7 Å². The van der Waals surface area contributed by atoms with E-state index in [1.807, 2.05) is 0 Å². The predicted octanol–water partition coefficient (Wildman–Crippen LogP) is 2.45. The molecule has 2 aromatic rings. The minimum Gasteiger partial charge on any atom is -0.384 e. The molecule has 1 aromatic heterocycles. The van der Waals surface area contributed by atoms with E-state index in [2.05, 4.69) is 10.2 Å². The third-order valence-electron chi connectivity index (χ3n) is 1.89. The number of aromatic amines is 1. The van der Waals surface area contributed by atoms with Crippen molar-refractivity contribution in [3.05, 3.63) is 35.2 Å². The van der Waals surface area contributed by atoms with Crippen LogP contribution < -0.4 is 5.73 Å². The van der Waals surface area contributed by atoms with Gasteiger partial charge in [0.05, 0.1) is 6.20 Å². The summed E-state index contributed by atoms with van der Waals surface area (Å²) in [5, 5.41) is 6.74. The topological polar surface area (TPSA) is 54.7 Å². The highest BCUT2D eigenvalue weighted by molar-refractivity contribution is 6.33. The zero-order chi connectivity index (χ0) is 10.1. The molecule has 3 nitrogen and oxygen atoms in total. The number of nitrogens with one attached hydrogen (secondary N) is 1. The van der Waals surface area contributed by atoms with Gasteiger partial charge in [0, 0.05) is 16.1 Å². The SMILES string of the molecule is Nc1[nH]ncc1-c1cc(F)ccc1Cl. The summed E-state index contributed by atoms with van der Waals surface area (Å²) in [7, 11) is 0. The first-order valence-electron chi connectivity index (χ1n) is 3.93. The number of nitrogens with zero attached hydrogens (tertiary/aromatic N) is 1. The van der Waals surface area contributed by atoms with Crippen molar-refractivity contribution >= 4 is 17.4 Å². The summed E-state index contributed by atoms with van der Waals surface area (Å²) in [6.07, 6.45) is 1.51. The molecule has 1 aromatic carbocycles. The van der Waals surface area contributed by atoms with Crippen LogP contribution in [0.1, 0.15) is 0 Å². The Morgan fingerprint density at radius 3 is 2.79 bits per heavy atom. The van der Waals surface area contributed by atoms with Gasteiger partial charge in [-0.3, -0.25) is 5.10 Å². The molecule has 0 fully saturated rings. The predicted molar refractivity (Wildman–Crippen MR) is 53.4 cm³/mol. The van der Waals surface area contributed by atoms with Crippen molar-refractivity contribution in [1.29, 1.82) is 0 Å². The maximum Gasteiger partial charge on any atom is 0.126 e. The molecule has 0 aliphatic heterocycles. The number of rotatable bonds is 1. The van der Waals surface area contributed by atoms with E-state index in [0.29, 0.717) is 22.0 Å². The highest BCUT2D eigenvalue weighted by Crippen LogP contribution is 2.30. The molecule has 5 heteroatoms. The molecule has 0 unspecified atom stereocenters. The summed E-state index contributed by atoms with van der Waals surface area (Å²) in [5.41, 5.74) is 6.74. The van der Waals surface area contributed by atoms with Crippen LogP contribution in [0.25, 0.3) is 11.1 Å². The molecular weight excluding hydrogens is 205 g/mol. The zero-order valence-electron chi connectivity index (χ0n) is 7.09. The van der Waals surface area contributed by atoms with Crippen molar-refractivity contribution in [3.63, 3.8) is 0 Å². The van der Waals surface area contributed by atoms with E-state index in [1.54, 1.807) is 0 Å². The van der Waals surface area contributed by atoms with E-state index in [1.165, 1.54) is 24.4 Å². The Morgan fingerprint density at radius 1 is 1.36 bits per heavy atom. The lowest BCUT2D eigenvalue weighted by atomic mass is 10.1. The van der Waals surface area contributed by atoms with Gasteiger partial charge in [0.25, 0.3) is 0 Å². The molecule has 14 heavy (non-hydrogen) atoms. The molecule has 72 valence electrons. The fourth-order valence-electron chi connectivity index (χ4n) is 1.21. The number of nitrogen functional groups attached to an aromatic ring is 1. The summed E-state index contributed by atoms with van der Waals surface area (Å²) in [6.45, 7) is 0. The lowest BCUT2D eigenvalue weighted by molar-refractivity contribution is 0.628. The fourth-order valence-corrected chi connectivity index (χ4v) is 1.43. The average Bonchev–Trinajstić information content (AvgIpc) is 2.56. The number of halogens is 2. The van der Waals surface area contributed by atoms with Crippen LogP contribution >= 0.6 is 11.6 Å². The van der Waals surface area contributed by atoms with Gasteiger partial charge in [-0.1, -0.05) is 11.6 Å². The highest BCUT2D eigenvalue weighted by Gasteiger charge is 2.09. The van der Waals surface area contributed by atoms with Gasteiger partial charge in [-0.2, -0.15) is 5.10 Å². The van der Waals surface area contributed by atoms with E-state index >= 15 is 0 Å². The molecule has 0 spiro atoms. The van der Waals surface area contributed by atoms with Crippen LogP contribution in [0.15, 0.2) is 24.4 Å². The van der Waals surface area contributed by atoms with Gasteiger partial charge in [-0.15, -0.1) is 0 Å². The molecule has 0 radical (unpaired) electrons. The van der Waals surface area contributed by atoms with Crippen LogP contribution in [0, 0.1) is 5.82 Å². The van der Waals surface area contributed by atoms with Crippen LogP contribution in [-0.4, -0.2) is 10.2 Å². The van der Waals surface area contributed by atoms with Crippen molar-refractivity contribution in [2.75, 3.05) is 5.73 Å². The summed E-state index contributed by atoms with van der Waals surface area (Å²) in [5.74, 6) is 0.0162. The molecule has 1 heterocycles. The molecule has 3 N–H and O–H groups in total. The average molecular weight is 212 g/mol. The van der Waals surface area contributed by atoms with E-state index in [-0.39, 0.29) is 5.82 Å². The van der Waals surface area contributed by atoms with Gasteiger partial charge in [-0.05, 0) is 18.2 Å². The van der Waals surface area contributed by atoms with E-state index in [9.17, 15) is 4.39 Å². The summed E-state index contributed by atoms with van der Waals surface area (Å²) in [6, 6.07) is 4.10. The Hall–Kier alpha value is -1.55. The number of H-pyrrole nitrogens is 1. The summed E-state index contributed by atoms with van der Waals surface area (Å²) < 4.78 is 12.9. The largest absolute Gasteiger partial charge is 0.384 e. The molecule has 2 rings (SSSR count). The molecule has 0 saturated heterocycles. The molecule has 0 aliphatic carbocycles. The van der Waals surface area contributed by atoms with Crippen molar-refractivity contribution in [3.8, 4) is 11.1 Å². The zero-order valence-corrected chi connectivity index (χ0v) is 7.85. The molecule has 0 atom stereocenters. The van der Waals surface area contributed by atoms with Gasteiger partial charge >= 0.3 is 0 Å². The number of hydrogen-bond acceptors (Lipinski definition) is 2. The first kappa shape index (κ1) is 9.02. The first-order chi connectivity index (χ1) is 6.68. The monoisotopic (exact) mass is 211 g/mol. The van der Waals surface area contributed by atoms with Gasteiger partial charge in [0.1, 0.15) is 11.6 Å². The number of anilines is 1. The van der Waals surface area contributed by atoms with Gasteiger partial charge in [-0.25, -0.2) is 4.39 Å². The van der Waals surface area contributed by atoms with E-state index < -0.39 is 0 Å². The quantitative estimate of drug-likeness (QED) is 0.761. The molecular formula is C9H7ClFN3. The number of hydrogen-bond donors (Lipinski definition) is 2. The number of nitrogens with two attached hydrogens (primary N) is 1. The van der Waals surface area contributed by atoms with Crippen molar-refractivity contribution in [2.45, 2.75) is 0 Å². The van der Waals surface area contributed by atoms with Crippen LogP contribution in [-0.2, 0) is 0 Å². The number of benzene rings is 1. The lowest BCUT2D eigenvalue weighted by Crippen LogP contribution is -1.88. The third-order valence-corrected chi connectivity index (χ3v) is 2.22. The smallest absolute Gasteiger partial charge is 0.126 e. The highest BCUT2D eigenvalue weighted by atomic mass is 35.5. The second-order valence-corrected chi connectivity index (χ2v) is 3.23. The van der Waals surface area contributed by atoms with Crippen molar-refractivity contribution < 1.29 is 4.39 Å². The second kappa shape index (κ2) is 3.31. The Morgan fingerprint density at radius 2 is 2.14 bits per heavy atom. The van der Waals surface area contributed by atoms with E-state index in [0.717, 1.165) is 0 Å². The molecule has 0 amide bonds. The minimum atomic E-state index is -0.356. The van der Waals surface area contributed by atoms with E-state index in [4.69, 9.17) is 17.3 Å². The van der Waals surface area contributed by atoms with Gasteiger partial charge in [0.15, 0.2) is 0 Å². The van der Waals surface area contributed by atoms with Crippen LogP contribution in [0.5, 0.6) is 0 Å². The van der Waals surface area contributed by atoms with Crippen LogP contribution in [0.3, 0.4) is 0 Å². The number of aromatic nitrogens is 2. The lowest BCUT2D eigenvalue weighted by Gasteiger charge is -2.02. The summed E-state index contributed by atoms with van der Waals surface area (Å²) >= 11 is 5.90. The first-order valence-corrected chi connectivity index (χ1v) is 4.30. The van der Waals surface area contributed by atoms with Gasteiger partial charge < -0.3 is 5.73 Å². The normalized spacial score (nSPS) is 10.4. The third kappa shape index (κ3) is 1.44. The molecule has 0 saturated carbocycles. The maximum atomic E-state index is 12.9. The second-order valence-electron chi connectivity index (χ2n) is 2.82. The molecule has 0 aliphatic rings. The Bertz CT molecular complexity index is 467. The Balaban J connectivity index is 2.62. The summed E-state index contributed by atoms with van der Waals surface area (Å²) in [4.78, 5) is 0. The molecule has 0 bridgehead atoms. The van der Waals surface area contributed by atoms with Crippen molar-refractivity contribution in [2.24, 2.45) is 0 Å². The minimum absolute atomic E-state index is 0.356. The maximum absolute atomic E-state index is 12.9. The van der Waals surface area contributed by atoms with Gasteiger partial charge in [0.2, 0.25) is 0 Å². The van der Waals surface area contributed by atoms with Crippen molar-refractivity contribution in [1.82, 2.24) is 10.2 Å². The fraction of sp³-hybridized carbons (Fsp3) is 0. The Kier molecular flexibility index (Phi) is 2.13. The standard InChI is InChI=1S/C9H7ClFN3/c10-8-2-1-5(11)3-6(8)7-4-13-14-9(7)12/h1-4H,(H3,12,13,14).